The highest BCUT2D eigenvalue weighted by molar-refractivity contribution is 5.73. The fourth-order valence-corrected chi connectivity index (χ4v) is 4.47. The lowest BCUT2D eigenvalue weighted by Gasteiger charge is -2.49. The first-order chi connectivity index (χ1) is 16.2. The van der Waals surface area contributed by atoms with Crippen molar-refractivity contribution in [3.63, 3.8) is 0 Å². The molecule has 0 spiro atoms. The van der Waals surface area contributed by atoms with Crippen LogP contribution in [-0.4, -0.2) is 143 Å². The minimum Gasteiger partial charge on any atom is -0.394 e. The summed E-state index contributed by atoms with van der Waals surface area (Å²) < 4.78 is 11.0. The number of carbonyl (C=O) groups is 1. The van der Waals surface area contributed by atoms with Crippen molar-refractivity contribution < 1.29 is 65.3 Å². The maximum absolute atomic E-state index is 11.5. The van der Waals surface area contributed by atoms with Crippen LogP contribution in [-0.2, 0) is 14.3 Å². The number of aliphatic hydroxyl groups is 10. The Morgan fingerprint density at radius 1 is 0.914 bits per heavy atom. The number of rotatable bonds is 10. The standard InChI is InChI=1S/C20H38N2O13/c1-8(25)22-14-10(27)5-20(33,35-18(14)16(31)12(29)7-24)3-2-19(32)4-9(26)13(21)17(34-19)15(30)11(28)6-23/h9-18,23-24,26-33H,2-7,21H2,1H3,(H,22,25)/t9-,10-,11+,12+,13+,14+,15+,16+,17+,18+,19+,20+/m0/s1. The number of nitrogens with two attached hydrogens (primary N) is 1. The lowest BCUT2D eigenvalue weighted by molar-refractivity contribution is -0.329. The first kappa shape index (κ1) is 30.2. The van der Waals surface area contributed by atoms with Crippen molar-refractivity contribution in [2.24, 2.45) is 5.73 Å². The van der Waals surface area contributed by atoms with Crippen molar-refractivity contribution in [1.29, 1.82) is 0 Å². The molecule has 15 heteroatoms. The van der Waals surface area contributed by atoms with E-state index in [1.165, 1.54) is 0 Å². The highest BCUT2D eigenvalue weighted by atomic mass is 16.7. The molecule has 2 fully saturated rings. The molecule has 0 unspecified atom stereocenters. The lowest BCUT2D eigenvalue weighted by Crippen LogP contribution is -2.66. The molecule has 0 aromatic carbocycles. The van der Waals surface area contributed by atoms with E-state index < -0.39 is 117 Å². The zero-order valence-corrected chi connectivity index (χ0v) is 19.3. The van der Waals surface area contributed by atoms with Gasteiger partial charge in [-0.15, -0.1) is 0 Å². The van der Waals surface area contributed by atoms with Crippen molar-refractivity contribution in [3.05, 3.63) is 0 Å². The molecule has 0 radical (unpaired) electrons. The van der Waals surface area contributed by atoms with Crippen LogP contribution >= 0.6 is 0 Å². The molecule has 1 amide bonds. The van der Waals surface area contributed by atoms with E-state index in [9.17, 15) is 45.6 Å². The van der Waals surface area contributed by atoms with Gasteiger partial charge in [0, 0.05) is 32.6 Å². The summed E-state index contributed by atoms with van der Waals surface area (Å²) >= 11 is 0. The number of hydrogen-bond acceptors (Lipinski definition) is 14. The molecular formula is C20H38N2O13. The number of ether oxygens (including phenoxy) is 2. The summed E-state index contributed by atoms with van der Waals surface area (Å²) in [6.45, 7) is -0.575. The minimum atomic E-state index is -2.22. The second-order valence-electron chi connectivity index (χ2n) is 9.38. The zero-order valence-electron chi connectivity index (χ0n) is 19.3. The normalized spacial score (nSPS) is 41.6. The van der Waals surface area contributed by atoms with E-state index in [-0.39, 0.29) is 0 Å². The van der Waals surface area contributed by atoms with Gasteiger partial charge >= 0.3 is 0 Å². The third-order valence-electron chi connectivity index (χ3n) is 6.47. The predicted molar refractivity (Wildman–Crippen MR) is 114 cm³/mol. The average molecular weight is 515 g/mol. The van der Waals surface area contributed by atoms with Crippen molar-refractivity contribution in [2.45, 2.75) is 105 Å². The van der Waals surface area contributed by atoms with E-state index in [0.29, 0.717) is 0 Å². The van der Waals surface area contributed by atoms with Crippen LogP contribution < -0.4 is 11.1 Å². The Labute approximate surface area is 201 Å². The van der Waals surface area contributed by atoms with Crippen LogP contribution in [0.15, 0.2) is 0 Å². The fourth-order valence-electron chi connectivity index (χ4n) is 4.47. The van der Waals surface area contributed by atoms with E-state index in [4.69, 9.17) is 25.4 Å². The predicted octanol–water partition coefficient (Wildman–Crippen LogP) is -6.30. The molecular weight excluding hydrogens is 476 g/mol. The van der Waals surface area contributed by atoms with E-state index in [0.717, 1.165) is 6.92 Å². The van der Waals surface area contributed by atoms with E-state index in [1.54, 1.807) is 0 Å². The van der Waals surface area contributed by atoms with Gasteiger partial charge in [-0.3, -0.25) is 4.79 Å². The number of carbonyl (C=O) groups excluding carboxylic acids is 1. The Bertz CT molecular complexity index is 704. The molecule has 0 saturated carbocycles. The molecule has 2 rings (SSSR count). The monoisotopic (exact) mass is 514 g/mol. The van der Waals surface area contributed by atoms with Gasteiger partial charge in [-0.25, -0.2) is 0 Å². The Balaban J connectivity index is 2.19. The van der Waals surface area contributed by atoms with Gasteiger partial charge in [0.15, 0.2) is 11.6 Å². The Morgan fingerprint density at radius 3 is 1.80 bits per heavy atom. The van der Waals surface area contributed by atoms with E-state index in [1.807, 2.05) is 0 Å². The number of hydrogen-bond donors (Lipinski definition) is 12. The third kappa shape index (κ3) is 7.26. The van der Waals surface area contributed by atoms with E-state index >= 15 is 0 Å². The molecule has 0 aromatic heterocycles. The van der Waals surface area contributed by atoms with Crippen LogP contribution in [0.4, 0.5) is 0 Å². The van der Waals surface area contributed by atoms with Crippen LogP contribution in [0.1, 0.15) is 32.6 Å². The van der Waals surface area contributed by atoms with Crippen LogP contribution in [0.3, 0.4) is 0 Å². The summed E-state index contributed by atoms with van der Waals surface area (Å²) in [5, 5.41) is 103. The molecule has 15 nitrogen and oxygen atoms in total. The fraction of sp³-hybridized carbons (Fsp3) is 0.950. The molecule has 2 aliphatic heterocycles. The minimum absolute atomic E-state index is 0.449. The molecule has 206 valence electrons. The smallest absolute Gasteiger partial charge is 0.217 e. The summed E-state index contributed by atoms with van der Waals surface area (Å²) in [4.78, 5) is 11.5. The van der Waals surface area contributed by atoms with Crippen molar-refractivity contribution >= 4 is 5.91 Å². The Hall–Kier alpha value is -1.05. The molecule has 12 atom stereocenters. The number of aliphatic hydroxyl groups excluding tert-OH is 8. The van der Waals surface area contributed by atoms with Crippen molar-refractivity contribution in [1.82, 2.24) is 5.32 Å². The molecule has 13 N–H and O–H groups in total. The molecule has 0 bridgehead atoms. The highest BCUT2D eigenvalue weighted by Gasteiger charge is 2.53. The molecule has 35 heavy (non-hydrogen) atoms. The Morgan fingerprint density at radius 2 is 1.34 bits per heavy atom. The molecule has 0 aromatic rings. The summed E-state index contributed by atoms with van der Waals surface area (Å²) in [5.41, 5.74) is 5.82. The Kier molecular flexibility index (Phi) is 10.3. The van der Waals surface area contributed by atoms with Crippen LogP contribution in [0, 0.1) is 0 Å². The van der Waals surface area contributed by atoms with Gasteiger partial charge < -0.3 is 71.6 Å². The maximum Gasteiger partial charge on any atom is 0.217 e. The first-order valence-electron chi connectivity index (χ1n) is 11.3. The summed E-state index contributed by atoms with van der Waals surface area (Å²) in [5.74, 6) is -5.01. The third-order valence-corrected chi connectivity index (χ3v) is 6.47. The summed E-state index contributed by atoms with van der Waals surface area (Å²) in [6, 6.07) is -2.47. The van der Waals surface area contributed by atoms with Crippen LogP contribution in [0.2, 0.25) is 0 Å². The van der Waals surface area contributed by atoms with Crippen molar-refractivity contribution in [2.75, 3.05) is 13.2 Å². The van der Waals surface area contributed by atoms with Gasteiger partial charge in [-0.05, 0) is 0 Å². The lowest BCUT2D eigenvalue weighted by atomic mass is 9.84. The topological polar surface area (TPSA) is 276 Å². The first-order valence-corrected chi connectivity index (χ1v) is 11.3. The quantitative estimate of drug-likeness (QED) is 0.129. The van der Waals surface area contributed by atoms with Crippen LogP contribution in [0.25, 0.3) is 0 Å². The second kappa shape index (κ2) is 12.0. The average Bonchev–Trinajstić information content (AvgIpc) is 2.79. The largest absolute Gasteiger partial charge is 0.394 e. The van der Waals surface area contributed by atoms with Gasteiger partial charge in [0.25, 0.3) is 0 Å². The summed E-state index contributed by atoms with van der Waals surface area (Å²) in [7, 11) is 0. The van der Waals surface area contributed by atoms with Crippen LogP contribution in [0.5, 0.6) is 0 Å². The highest BCUT2D eigenvalue weighted by Crippen LogP contribution is 2.38. The molecule has 0 aliphatic carbocycles. The maximum atomic E-state index is 11.5. The molecule has 2 aliphatic rings. The summed E-state index contributed by atoms with van der Waals surface area (Å²) in [6.07, 6.45) is -14.8. The second-order valence-corrected chi connectivity index (χ2v) is 9.38. The van der Waals surface area contributed by atoms with Gasteiger partial charge in [-0.1, -0.05) is 0 Å². The van der Waals surface area contributed by atoms with Gasteiger partial charge in [0.2, 0.25) is 5.91 Å². The van der Waals surface area contributed by atoms with Gasteiger partial charge in [-0.2, -0.15) is 0 Å². The SMILES string of the molecule is CC(=O)N[C@H]1[C@H]([C@H](O)[C@H](O)CO)O[C@](O)(CC[C@]2(O)C[C@H](O)[C@@H](N)[C@H]([C@H](O)[C@H](O)CO)O2)C[C@@H]1O. The number of nitrogens with one attached hydrogen (secondary N) is 1. The zero-order chi connectivity index (χ0) is 26.7. The molecule has 2 saturated heterocycles. The molecule has 2 heterocycles. The van der Waals surface area contributed by atoms with Gasteiger partial charge in [0.05, 0.1) is 37.5 Å². The van der Waals surface area contributed by atoms with E-state index in [2.05, 4.69) is 5.32 Å². The van der Waals surface area contributed by atoms with Gasteiger partial charge in [0.1, 0.15) is 36.6 Å². The number of amides is 1. The van der Waals surface area contributed by atoms with Crippen molar-refractivity contribution in [3.8, 4) is 0 Å².